The van der Waals surface area contributed by atoms with Gasteiger partial charge in [-0.05, 0) is 208 Å². The molecule has 0 bridgehead atoms. The number of halogens is 6. The highest BCUT2D eigenvalue weighted by Crippen LogP contribution is 2.29. The number of aliphatic hydroxyl groups excluding tert-OH is 1. The highest BCUT2D eigenvalue weighted by molar-refractivity contribution is 14.1. The Hall–Kier alpha value is -0.270. The standard InChI is InChI=1S/C19H16I4O6.C9H8I2O3.CH4O2.H2O/c20-12-5-10(6-13(21)18(12)26)1-3-16(24)28-9-29-17(25)4-2-11-7-14(22)19(27)15(23)8-11;10-6-3-5(1-2-8(12)13)4-7(11)9(6)14;2-1-3;/h5-8,26-27H,1-4,9H2;3-4,14H,1-2H2,(H,12,13);2-3H,1H2;1H2. The number of carbonyl (C=O) groups is 3. The summed E-state index contributed by atoms with van der Waals surface area (Å²) in [6.45, 7) is -1.16. The fourth-order valence-electron chi connectivity index (χ4n) is 3.34. The van der Waals surface area contributed by atoms with Gasteiger partial charge in [0.2, 0.25) is 6.79 Å². The second-order valence-corrected chi connectivity index (χ2v) is 15.9. The number of esters is 2. The van der Waals surface area contributed by atoms with E-state index in [1.54, 1.807) is 12.1 Å². The van der Waals surface area contributed by atoms with Crippen molar-refractivity contribution in [2.24, 2.45) is 0 Å². The maximum Gasteiger partial charge on any atom is 0.308 e. The van der Waals surface area contributed by atoms with Gasteiger partial charge in [0.05, 0.1) is 21.4 Å². The van der Waals surface area contributed by atoms with Crippen molar-refractivity contribution in [1.29, 1.82) is 0 Å². The third-order valence-corrected chi connectivity index (χ3v) is 10.5. The van der Waals surface area contributed by atoms with Crippen LogP contribution in [-0.2, 0) is 43.1 Å². The number of aromatic hydroxyl groups is 3. The first kappa shape index (κ1) is 46.7. The molecule has 12 nitrogen and oxygen atoms in total. The Morgan fingerprint density at radius 3 is 1.00 bits per heavy atom. The molecule has 3 aromatic rings. The first-order valence-electron chi connectivity index (χ1n) is 12.8. The summed E-state index contributed by atoms with van der Waals surface area (Å²) in [6.07, 6.45) is 1.87. The average molecular weight is 1330 g/mol. The minimum atomic E-state index is -0.803. The Bertz CT molecular complexity index is 1360. The number of benzene rings is 3. The van der Waals surface area contributed by atoms with Crippen LogP contribution >= 0.6 is 136 Å². The molecule has 0 saturated carbocycles. The van der Waals surface area contributed by atoms with Crippen molar-refractivity contribution >= 4 is 153 Å². The van der Waals surface area contributed by atoms with E-state index in [1.165, 1.54) is 0 Å². The molecule has 0 aliphatic rings. The summed E-state index contributed by atoms with van der Waals surface area (Å²) in [5.41, 5.74) is 2.78. The number of carbonyl (C=O) groups excluding carboxylic acids is 2. The van der Waals surface area contributed by atoms with Crippen LogP contribution in [0, 0.1) is 21.4 Å². The molecule has 0 aliphatic heterocycles. The number of carboxylic acid groups (broad SMARTS) is 1. The highest BCUT2D eigenvalue weighted by Gasteiger charge is 2.12. The maximum atomic E-state index is 11.8. The Morgan fingerprint density at radius 1 is 0.532 bits per heavy atom. The number of phenols is 3. The fraction of sp³-hybridized carbons (Fsp3) is 0.276. The van der Waals surface area contributed by atoms with Crippen LogP contribution in [-0.4, -0.2) is 67.6 Å². The van der Waals surface area contributed by atoms with Crippen molar-refractivity contribution in [3.63, 3.8) is 0 Å². The van der Waals surface area contributed by atoms with E-state index in [2.05, 4.69) is 0 Å². The van der Waals surface area contributed by atoms with E-state index in [9.17, 15) is 29.7 Å². The van der Waals surface area contributed by atoms with Crippen molar-refractivity contribution in [2.75, 3.05) is 13.6 Å². The van der Waals surface area contributed by atoms with E-state index < -0.39 is 31.5 Å². The summed E-state index contributed by atoms with van der Waals surface area (Å²) >= 11 is 12.2. The second kappa shape index (κ2) is 24.8. The molecule has 0 atom stereocenters. The molecule has 0 fully saturated rings. The smallest absolute Gasteiger partial charge is 0.308 e. The van der Waals surface area contributed by atoms with E-state index in [-0.39, 0.29) is 42.0 Å². The lowest BCUT2D eigenvalue weighted by molar-refractivity contribution is -0.167. The Labute approximate surface area is 352 Å². The number of hydrogen-bond donors (Lipinski definition) is 6. The van der Waals surface area contributed by atoms with E-state index in [1.807, 2.05) is 160 Å². The molecule has 0 spiro atoms. The van der Waals surface area contributed by atoms with Crippen LogP contribution in [0.2, 0.25) is 0 Å². The van der Waals surface area contributed by atoms with Gasteiger partial charge in [-0.1, -0.05) is 0 Å². The van der Waals surface area contributed by atoms with Crippen LogP contribution in [0.3, 0.4) is 0 Å². The Balaban J connectivity index is 0.000000983. The number of phenolic OH excluding ortho intramolecular Hbond substituents is 3. The van der Waals surface area contributed by atoms with Gasteiger partial charge in [0, 0.05) is 19.3 Å². The lowest BCUT2D eigenvalue weighted by atomic mass is 10.1. The summed E-state index contributed by atoms with van der Waals surface area (Å²) in [5.74, 6) is -0.979. The van der Waals surface area contributed by atoms with Gasteiger partial charge in [0.25, 0.3) is 0 Å². The van der Waals surface area contributed by atoms with Crippen LogP contribution in [0.4, 0.5) is 0 Å². The van der Waals surface area contributed by atoms with Gasteiger partial charge >= 0.3 is 17.9 Å². The first-order chi connectivity index (χ1) is 21.6. The number of aliphatic hydroxyl groups is 2. The zero-order valence-electron chi connectivity index (χ0n) is 24.1. The van der Waals surface area contributed by atoms with Crippen molar-refractivity contribution in [3.05, 3.63) is 74.5 Å². The Kier molecular flexibility index (Phi) is 24.7. The molecule has 0 heterocycles. The average Bonchev–Trinajstić information content (AvgIpc) is 2.98. The zero-order chi connectivity index (χ0) is 35.0. The molecular formula is C29H30I6O12. The molecule has 260 valence electrons. The van der Waals surface area contributed by atoms with Gasteiger partial charge in [-0.2, -0.15) is 0 Å². The third-order valence-electron chi connectivity index (χ3n) is 5.53. The van der Waals surface area contributed by atoms with Crippen molar-refractivity contribution < 1.29 is 60.0 Å². The van der Waals surface area contributed by atoms with E-state index in [0.717, 1.165) is 38.1 Å². The summed E-state index contributed by atoms with van der Waals surface area (Å²) in [7, 11) is 0. The molecule has 0 saturated heterocycles. The van der Waals surface area contributed by atoms with Crippen LogP contribution in [0.5, 0.6) is 17.2 Å². The lowest BCUT2D eigenvalue weighted by Crippen LogP contribution is -2.13. The molecule has 3 rings (SSSR count). The predicted octanol–water partition coefficient (Wildman–Crippen LogP) is 5.85. The molecule has 8 N–H and O–H groups in total. The second-order valence-electron chi connectivity index (χ2n) is 8.91. The molecule has 18 heteroatoms. The highest BCUT2D eigenvalue weighted by atomic mass is 127. The monoisotopic (exact) mass is 1330 g/mol. The largest absolute Gasteiger partial charge is 0.506 e. The molecule has 0 aliphatic carbocycles. The van der Waals surface area contributed by atoms with Gasteiger partial charge in [-0.15, -0.1) is 0 Å². The summed E-state index contributed by atoms with van der Waals surface area (Å²) in [5, 5.41) is 51.8. The lowest BCUT2D eigenvalue weighted by Gasteiger charge is -2.08. The summed E-state index contributed by atoms with van der Waals surface area (Å²) < 4.78 is 14.3. The number of aryl methyl sites for hydroxylation is 3. The van der Waals surface area contributed by atoms with Crippen LogP contribution in [0.25, 0.3) is 0 Å². The fourth-order valence-corrected chi connectivity index (χ4v) is 9.03. The number of ether oxygens (including phenoxy) is 2. The van der Waals surface area contributed by atoms with E-state index >= 15 is 0 Å². The quantitative estimate of drug-likeness (QED) is 0.0760. The van der Waals surface area contributed by atoms with E-state index in [4.69, 9.17) is 24.8 Å². The Morgan fingerprint density at radius 2 is 0.766 bits per heavy atom. The van der Waals surface area contributed by atoms with Crippen molar-refractivity contribution in [2.45, 2.75) is 38.5 Å². The predicted molar refractivity (Wildman–Crippen MR) is 223 cm³/mol. The van der Waals surface area contributed by atoms with Crippen LogP contribution in [0.15, 0.2) is 36.4 Å². The molecule has 47 heavy (non-hydrogen) atoms. The molecule has 3 aromatic carbocycles. The number of carboxylic acids is 1. The SMILES string of the molecule is O.O=C(CCc1cc(I)c(O)c(I)c1)OCOC(=O)CCc1cc(I)c(O)c(I)c1.O=C(O)CCc1cc(I)c(O)c(I)c1.OCO. The molecule has 0 aromatic heterocycles. The normalized spacial score (nSPS) is 9.96. The minimum absolute atomic E-state index is 0. The molecule has 0 amide bonds. The molecular weight excluding hydrogens is 1300 g/mol. The maximum absolute atomic E-state index is 11.8. The van der Waals surface area contributed by atoms with E-state index in [0.29, 0.717) is 19.3 Å². The van der Waals surface area contributed by atoms with Gasteiger partial charge in [-0.25, -0.2) is 0 Å². The molecule has 0 radical (unpaired) electrons. The third kappa shape index (κ3) is 18.5. The summed E-state index contributed by atoms with van der Waals surface area (Å²) in [4.78, 5) is 34.0. The van der Waals surface area contributed by atoms with Crippen molar-refractivity contribution in [3.8, 4) is 17.2 Å². The number of hydrogen-bond acceptors (Lipinski definition) is 10. The number of aliphatic carboxylic acids is 1. The minimum Gasteiger partial charge on any atom is -0.506 e. The molecule has 0 unspecified atom stereocenters. The van der Waals surface area contributed by atoms with Gasteiger partial charge in [0.15, 0.2) is 0 Å². The van der Waals surface area contributed by atoms with Crippen molar-refractivity contribution in [1.82, 2.24) is 0 Å². The van der Waals surface area contributed by atoms with Gasteiger partial charge in [0.1, 0.15) is 24.0 Å². The van der Waals surface area contributed by atoms with Gasteiger partial charge in [-0.3, -0.25) is 14.4 Å². The zero-order valence-corrected chi connectivity index (χ0v) is 37.1. The van der Waals surface area contributed by atoms with Gasteiger partial charge < -0.3 is 45.6 Å². The van der Waals surface area contributed by atoms with Crippen LogP contribution in [0.1, 0.15) is 36.0 Å². The summed E-state index contributed by atoms with van der Waals surface area (Å²) in [6, 6.07) is 10.9. The topological polar surface area (TPSA) is 223 Å². The van der Waals surface area contributed by atoms with Crippen LogP contribution < -0.4 is 0 Å². The number of rotatable bonds is 11. The first-order valence-corrected chi connectivity index (χ1v) is 19.3.